The van der Waals surface area contributed by atoms with Crippen LogP contribution in [0.25, 0.3) is 0 Å². The van der Waals surface area contributed by atoms with Crippen LogP contribution in [0.3, 0.4) is 0 Å². The van der Waals surface area contributed by atoms with Crippen molar-refractivity contribution >= 4 is 23.9 Å². The predicted molar refractivity (Wildman–Crippen MR) is 61.8 cm³/mol. The lowest BCUT2D eigenvalue weighted by atomic mass is 9.65. The van der Waals surface area contributed by atoms with Crippen molar-refractivity contribution in [3.05, 3.63) is 0 Å². The van der Waals surface area contributed by atoms with Crippen LogP contribution < -0.4 is 0 Å². The van der Waals surface area contributed by atoms with Crippen LogP contribution >= 0.6 is 0 Å². The van der Waals surface area contributed by atoms with Crippen molar-refractivity contribution in [1.29, 1.82) is 0 Å². The minimum Gasteiger partial charge on any atom is -0.481 e. The number of aliphatic hydroxyl groups is 1. The smallest absolute Gasteiger partial charge is 0.337 e. The van der Waals surface area contributed by atoms with Crippen LogP contribution in [0.1, 0.15) is 20.3 Å². The normalized spacial score (nSPS) is 18.2. The predicted octanol–water partition coefficient (Wildman–Crippen LogP) is -0.823. The molecule has 0 amide bonds. The molecule has 0 aromatic heterocycles. The summed E-state index contributed by atoms with van der Waals surface area (Å²) in [6, 6.07) is 0. The summed E-state index contributed by atoms with van der Waals surface area (Å²) in [5.41, 5.74) is -5.78. The highest BCUT2D eigenvalue weighted by Crippen LogP contribution is 2.41. The Morgan fingerprint density at radius 3 is 1.80 bits per heavy atom. The fourth-order valence-electron chi connectivity index (χ4n) is 1.81. The number of rotatable bonds is 7. The highest BCUT2D eigenvalue weighted by molar-refractivity contribution is 5.95. The van der Waals surface area contributed by atoms with Gasteiger partial charge in [0.05, 0.1) is 19.4 Å². The van der Waals surface area contributed by atoms with Gasteiger partial charge in [-0.1, -0.05) is 0 Å². The van der Waals surface area contributed by atoms with Gasteiger partial charge < -0.3 is 25.2 Å². The maximum Gasteiger partial charge on any atom is 0.337 e. The number of hydrogen-bond acceptors (Lipinski definition) is 6. The van der Waals surface area contributed by atoms with E-state index in [1.54, 1.807) is 0 Å². The molecule has 0 fully saturated rings. The summed E-state index contributed by atoms with van der Waals surface area (Å²) in [7, 11) is 0.949. The van der Waals surface area contributed by atoms with Crippen molar-refractivity contribution in [2.75, 3.05) is 7.11 Å². The van der Waals surface area contributed by atoms with Gasteiger partial charge in [-0.15, -0.1) is 0 Å². The maximum absolute atomic E-state index is 11.3. The van der Waals surface area contributed by atoms with E-state index in [-0.39, 0.29) is 0 Å². The molecular formula is C11H16O9. The molecule has 0 aliphatic carbocycles. The summed E-state index contributed by atoms with van der Waals surface area (Å²) in [6.07, 6.45) is -1.00. The molecule has 0 radical (unpaired) electrons. The molecule has 20 heavy (non-hydrogen) atoms. The summed E-state index contributed by atoms with van der Waals surface area (Å²) in [4.78, 5) is 44.8. The second-order valence-electron chi connectivity index (χ2n) is 4.52. The van der Waals surface area contributed by atoms with Gasteiger partial charge >= 0.3 is 23.9 Å². The average molecular weight is 292 g/mol. The lowest BCUT2D eigenvalue weighted by Crippen LogP contribution is -2.62. The van der Waals surface area contributed by atoms with Gasteiger partial charge in [-0.2, -0.15) is 0 Å². The Balaban J connectivity index is 6.06. The van der Waals surface area contributed by atoms with Crippen LogP contribution in [-0.2, 0) is 23.9 Å². The summed E-state index contributed by atoms with van der Waals surface area (Å²) in [5, 5.41) is 37.3. The highest BCUT2D eigenvalue weighted by atomic mass is 16.5. The van der Waals surface area contributed by atoms with E-state index in [4.69, 9.17) is 15.3 Å². The molecule has 0 saturated carbocycles. The first-order chi connectivity index (χ1) is 8.95. The number of carbonyl (C=O) groups excluding carboxylic acids is 1. The Morgan fingerprint density at radius 1 is 1.10 bits per heavy atom. The summed E-state index contributed by atoms with van der Waals surface area (Å²) in [5.74, 6) is -8.66. The zero-order chi connectivity index (χ0) is 16.3. The van der Waals surface area contributed by atoms with E-state index in [0.29, 0.717) is 0 Å². The monoisotopic (exact) mass is 292 g/mol. The molecule has 9 heteroatoms. The van der Waals surface area contributed by atoms with E-state index in [1.807, 2.05) is 0 Å². The van der Waals surface area contributed by atoms with E-state index < -0.39 is 47.2 Å². The van der Waals surface area contributed by atoms with Crippen molar-refractivity contribution in [3.63, 3.8) is 0 Å². The van der Waals surface area contributed by atoms with Crippen molar-refractivity contribution in [2.45, 2.75) is 25.9 Å². The Kier molecular flexibility index (Phi) is 5.23. The van der Waals surface area contributed by atoms with E-state index in [2.05, 4.69) is 4.74 Å². The molecule has 0 rings (SSSR count). The molecule has 114 valence electrons. The lowest BCUT2D eigenvalue weighted by molar-refractivity contribution is -0.203. The topological polar surface area (TPSA) is 158 Å². The molecular weight excluding hydrogens is 276 g/mol. The third-order valence-electron chi connectivity index (χ3n) is 3.36. The molecule has 3 atom stereocenters. The number of ether oxygens (including phenoxy) is 1. The molecule has 0 aliphatic heterocycles. The average Bonchev–Trinajstić information content (AvgIpc) is 2.35. The van der Waals surface area contributed by atoms with Gasteiger partial charge in [-0.3, -0.25) is 14.4 Å². The summed E-state index contributed by atoms with van der Waals surface area (Å²) < 4.78 is 4.26. The van der Waals surface area contributed by atoms with E-state index in [0.717, 1.165) is 21.0 Å². The third kappa shape index (κ3) is 2.72. The quantitative estimate of drug-likeness (QED) is 0.439. The largest absolute Gasteiger partial charge is 0.481 e. The zero-order valence-electron chi connectivity index (χ0n) is 11.1. The van der Waals surface area contributed by atoms with Crippen LogP contribution in [-0.4, -0.2) is 57.0 Å². The first-order valence-corrected chi connectivity index (χ1v) is 5.44. The third-order valence-corrected chi connectivity index (χ3v) is 3.36. The van der Waals surface area contributed by atoms with E-state index in [9.17, 15) is 24.3 Å². The number of carboxylic acids is 3. The molecule has 0 spiro atoms. The second-order valence-corrected chi connectivity index (χ2v) is 4.52. The number of carbonyl (C=O) groups is 4. The van der Waals surface area contributed by atoms with Crippen molar-refractivity contribution in [2.24, 2.45) is 11.3 Å². The highest BCUT2D eigenvalue weighted by Gasteiger charge is 2.63. The fourth-order valence-corrected chi connectivity index (χ4v) is 1.81. The Hall–Kier alpha value is -2.16. The van der Waals surface area contributed by atoms with Gasteiger partial charge in [-0.25, -0.2) is 4.79 Å². The van der Waals surface area contributed by atoms with Gasteiger partial charge in [0, 0.05) is 0 Å². The second kappa shape index (κ2) is 5.87. The lowest BCUT2D eigenvalue weighted by Gasteiger charge is -2.40. The molecule has 3 unspecified atom stereocenters. The number of hydrogen-bond donors (Lipinski definition) is 4. The van der Waals surface area contributed by atoms with Gasteiger partial charge in [0.15, 0.2) is 5.60 Å². The number of carboxylic acid groups (broad SMARTS) is 3. The molecule has 0 bridgehead atoms. The van der Waals surface area contributed by atoms with Gasteiger partial charge in [0.1, 0.15) is 5.41 Å². The van der Waals surface area contributed by atoms with Gasteiger partial charge in [0.25, 0.3) is 0 Å². The van der Waals surface area contributed by atoms with Crippen LogP contribution in [0.4, 0.5) is 0 Å². The standard InChI is InChI=1S/C11H16O9/c1-5(7(13)14)11(19,9(17)18)10(2,8(15)16)4-6(12)20-3/h5,19H,4H2,1-3H3,(H,13,14)(H,15,16)(H,17,18). The molecule has 0 aliphatic rings. The zero-order valence-corrected chi connectivity index (χ0v) is 11.1. The fraction of sp³-hybridized carbons (Fsp3) is 0.636. The molecule has 9 nitrogen and oxygen atoms in total. The first-order valence-electron chi connectivity index (χ1n) is 5.44. The molecule has 0 aromatic rings. The number of aliphatic carboxylic acids is 3. The molecule has 0 saturated heterocycles. The van der Waals surface area contributed by atoms with Crippen LogP contribution in [0.15, 0.2) is 0 Å². The van der Waals surface area contributed by atoms with E-state index in [1.165, 1.54) is 0 Å². The Bertz CT molecular complexity index is 443. The summed E-state index contributed by atoms with van der Waals surface area (Å²) >= 11 is 0. The van der Waals surface area contributed by atoms with Crippen LogP contribution in [0, 0.1) is 11.3 Å². The van der Waals surface area contributed by atoms with Gasteiger partial charge in [-0.05, 0) is 13.8 Å². The van der Waals surface area contributed by atoms with Crippen molar-refractivity contribution in [1.82, 2.24) is 0 Å². The Labute approximate surface area is 113 Å². The Morgan fingerprint density at radius 2 is 1.55 bits per heavy atom. The SMILES string of the molecule is COC(=O)CC(C)(C(=O)O)C(O)(C(=O)O)C(C)C(=O)O. The number of esters is 1. The number of methoxy groups -OCH3 is 1. The van der Waals surface area contributed by atoms with Crippen molar-refractivity contribution in [3.8, 4) is 0 Å². The molecule has 0 heterocycles. The minimum absolute atomic E-state index is 0.778. The first kappa shape index (κ1) is 17.8. The van der Waals surface area contributed by atoms with Gasteiger partial charge in [0.2, 0.25) is 0 Å². The summed E-state index contributed by atoms with van der Waals surface area (Å²) in [6.45, 7) is 1.62. The maximum atomic E-state index is 11.3. The van der Waals surface area contributed by atoms with Crippen LogP contribution in [0.2, 0.25) is 0 Å². The van der Waals surface area contributed by atoms with Crippen molar-refractivity contribution < 1.29 is 44.3 Å². The molecule has 4 N–H and O–H groups in total. The minimum atomic E-state index is -3.20. The van der Waals surface area contributed by atoms with E-state index >= 15 is 0 Å². The van der Waals surface area contributed by atoms with Crippen LogP contribution in [0.5, 0.6) is 0 Å². The molecule has 0 aromatic carbocycles.